The van der Waals surface area contributed by atoms with E-state index in [0.29, 0.717) is 13.2 Å². The fraction of sp³-hybridized carbons (Fsp3) is 0.667. The number of thiazole rings is 1. The second kappa shape index (κ2) is 5.24. The minimum atomic E-state index is -0.791. The van der Waals surface area contributed by atoms with Crippen LogP contribution in [0.3, 0.4) is 0 Å². The average molecular weight is 270 g/mol. The van der Waals surface area contributed by atoms with Gasteiger partial charge in [-0.3, -0.25) is 4.79 Å². The number of ether oxygens (including phenoxy) is 1. The third kappa shape index (κ3) is 2.35. The summed E-state index contributed by atoms with van der Waals surface area (Å²) in [6, 6.07) is -0.113. The maximum absolute atomic E-state index is 11.2. The Balaban J connectivity index is 2.25. The number of carboxylic acids is 1. The molecule has 1 fully saturated rings. The molecule has 1 aromatic heterocycles. The molecule has 18 heavy (non-hydrogen) atoms. The maximum atomic E-state index is 11.2. The van der Waals surface area contributed by atoms with Gasteiger partial charge in [0.05, 0.1) is 24.9 Å². The molecule has 2 unspecified atom stereocenters. The van der Waals surface area contributed by atoms with Crippen LogP contribution in [0.4, 0.5) is 5.13 Å². The van der Waals surface area contributed by atoms with Crippen LogP contribution in [-0.2, 0) is 9.53 Å². The van der Waals surface area contributed by atoms with Crippen molar-refractivity contribution in [1.29, 1.82) is 0 Å². The summed E-state index contributed by atoms with van der Waals surface area (Å²) in [6.07, 6.45) is 0. The second-order valence-electron chi connectivity index (χ2n) is 4.47. The molecule has 1 aliphatic heterocycles. The Bertz CT molecular complexity index is 427. The normalized spacial score (nSPS) is 23.3. The van der Waals surface area contributed by atoms with Crippen LogP contribution in [0.1, 0.15) is 17.5 Å². The minimum Gasteiger partial charge on any atom is -0.481 e. The lowest BCUT2D eigenvalue weighted by Crippen LogP contribution is -2.43. The van der Waals surface area contributed by atoms with Gasteiger partial charge >= 0.3 is 5.97 Å². The highest BCUT2D eigenvalue weighted by Crippen LogP contribution is 2.30. The number of likely N-dealkylation sites (N-methyl/N-ethyl adjacent to an activating group) is 1. The van der Waals surface area contributed by atoms with E-state index in [1.54, 1.807) is 11.3 Å². The first kappa shape index (κ1) is 13.3. The molecule has 5 nitrogen and oxygen atoms in total. The SMILES string of the molecule is CCN(c1nc(C)c(C)s1)C1COCC1C(=O)O. The highest BCUT2D eigenvalue weighted by Gasteiger charge is 2.38. The van der Waals surface area contributed by atoms with E-state index in [0.717, 1.165) is 17.4 Å². The van der Waals surface area contributed by atoms with E-state index >= 15 is 0 Å². The van der Waals surface area contributed by atoms with Crippen molar-refractivity contribution in [2.75, 3.05) is 24.7 Å². The first-order valence-corrected chi connectivity index (χ1v) is 6.87. The molecular formula is C12H18N2O3S. The van der Waals surface area contributed by atoms with Crippen LogP contribution in [0.25, 0.3) is 0 Å². The molecule has 2 rings (SSSR count). The summed E-state index contributed by atoms with van der Waals surface area (Å²) >= 11 is 1.61. The topological polar surface area (TPSA) is 62.7 Å². The molecule has 1 aliphatic rings. The van der Waals surface area contributed by atoms with Crippen molar-refractivity contribution in [3.63, 3.8) is 0 Å². The molecule has 0 amide bonds. The molecule has 0 aliphatic carbocycles. The van der Waals surface area contributed by atoms with Crippen LogP contribution in [0, 0.1) is 19.8 Å². The first-order valence-electron chi connectivity index (χ1n) is 6.05. The number of aryl methyl sites for hydroxylation is 2. The van der Waals surface area contributed by atoms with Crippen LogP contribution in [0.15, 0.2) is 0 Å². The van der Waals surface area contributed by atoms with Crippen molar-refractivity contribution >= 4 is 22.4 Å². The van der Waals surface area contributed by atoms with Gasteiger partial charge in [0.1, 0.15) is 5.92 Å². The lowest BCUT2D eigenvalue weighted by atomic mass is 10.0. The smallest absolute Gasteiger partial charge is 0.311 e. The van der Waals surface area contributed by atoms with Crippen LogP contribution in [0.5, 0.6) is 0 Å². The fourth-order valence-electron chi connectivity index (χ4n) is 2.18. The van der Waals surface area contributed by atoms with E-state index in [2.05, 4.69) is 9.88 Å². The standard InChI is InChI=1S/C12H18N2O3S/c1-4-14(12-13-7(2)8(3)18-12)10-6-17-5-9(10)11(15)16/h9-10H,4-6H2,1-3H3,(H,15,16). The van der Waals surface area contributed by atoms with Gasteiger partial charge in [0.2, 0.25) is 0 Å². The largest absolute Gasteiger partial charge is 0.481 e. The number of nitrogens with zero attached hydrogens (tertiary/aromatic N) is 2. The van der Waals surface area contributed by atoms with Crippen molar-refractivity contribution in [2.45, 2.75) is 26.8 Å². The predicted octanol–water partition coefficient (Wildman–Crippen LogP) is 1.69. The quantitative estimate of drug-likeness (QED) is 0.902. The third-order valence-electron chi connectivity index (χ3n) is 3.37. The Morgan fingerprint density at radius 2 is 2.28 bits per heavy atom. The van der Waals surface area contributed by atoms with Gasteiger partial charge in [-0.1, -0.05) is 0 Å². The van der Waals surface area contributed by atoms with Crippen molar-refractivity contribution in [3.8, 4) is 0 Å². The lowest BCUT2D eigenvalue weighted by Gasteiger charge is -2.28. The molecule has 2 heterocycles. The Labute approximate surface area is 110 Å². The zero-order chi connectivity index (χ0) is 13.3. The van der Waals surface area contributed by atoms with Gasteiger partial charge in [-0.25, -0.2) is 4.98 Å². The molecule has 0 radical (unpaired) electrons. The fourth-order valence-corrected chi connectivity index (χ4v) is 3.21. The van der Waals surface area contributed by atoms with Crippen LogP contribution >= 0.6 is 11.3 Å². The minimum absolute atomic E-state index is 0.113. The van der Waals surface area contributed by atoms with Gasteiger partial charge < -0.3 is 14.7 Å². The summed E-state index contributed by atoms with van der Waals surface area (Å²) in [4.78, 5) is 19.0. The Hall–Kier alpha value is -1.14. The van der Waals surface area contributed by atoms with Gasteiger partial charge in [0, 0.05) is 11.4 Å². The van der Waals surface area contributed by atoms with Crippen LogP contribution < -0.4 is 4.90 Å². The van der Waals surface area contributed by atoms with Gasteiger partial charge in [-0.05, 0) is 20.8 Å². The van der Waals surface area contributed by atoms with Crippen molar-refractivity contribution in [1.82, 2.24) is 4.98 Å². The number of carbonyl (C=O) groups is 1. The van der Waals surface area contributed by atoms with Gasteiger partial charge in [-0.2, -0.15) is 0 Å². The lowest BCUT2D eigenvalue weighted by molar-refractivity contribution is -0.141. The first-order chi connectivity index (χ1) is 8.54. The highest BCUT2D eigenvalue weighted by molar-refractivity contribution is 7.15. The molecule has 1 N–H and O–H groups in total. The number of anilines is 1. The number of rotatable bonds is 4. The van der Waals surface area contributed by atoms with Crippen LogP contribution in [0.2, 0.25) is 0 Å². The van der Waals surface area contributed by atoms with Crippen molar-refractivity contribution < 1.29 is 14.6 Å². The Morgan fingerprint density at radius 3 is 2.78 bits per heavy atom. The molecule has 1 aromatic rings. The number of carboxylic acid groups (broad SMARTS) is 1. The molecule has 1 saturated heterocycles. The third-order valence-corrected chi connectivity index (χ3v) is 4.48. The van der Waals surface area contributed by atoms with Gasteiger partial charge in [-0.15, -0.1) is 11.3 Å². The summed E-state index contributed by atoms with van der Waals surface area (Å²) in [5.41, 5.74) is 1.01. The number of hydrogen-bond donors (Lipinski definition) is 1. The Kier molecular flexibility index (Phi) is 3.87. The number of aromatic nitrogens is 1. The second-order valence-corrected chi connectivity index (χ2v) is 5.66. The molecule has 0 saturated carbocycles. The van der Waals surface area contributed by atoms with Crippen LogP contribution in [-0.4, -0.2) is 41.9 Å². The van der Waals surface area contributed by atoms with E-state index in [-0.39, 0.29) is 6.04 Å². The molecule has 100 valence electrons. The van der Waals surface area contributed by atoms with E-state index in [1.807, 2.05) is 20.8 Å². The number of aliphatic carboxylic acids is 1. The molecule has 0 bridgehead atoms. The van der Waals surface area contributed by atoms with Gasteiger partial charge in [0.15, 0.2) is 5.13 Å². The highest BCUT2D eigenvalue weighted by atomic mass is 32.1. The van der Waals surface area contributed by atoms with Gasteiger partial charge in [0.25, 0.3) is 0 Å². The van der Waals surface area contributed by atoms with Crippen molar-refractivity contribution in [3.05, 3.63) is 10.6 Å². The zero-order valence-electron chi connectivity index (χ0n) is 10.8. The summed E-state index contributed by atoms with van der Waals surface area (Å²) in [7, 11) is 0. The average Bonchev–Trinajstić information content (AvgIpc) is 2.89. The predicted molar refractivity (Wildman–Crippen MR) is 70.3 cm³/mol. The molecule has 0 aromatic carbocycles. The monoisotopic (exact) mass is 270 g/mol. The zero-order valence-corrected chi connectivity index (χ0v) is 11.7. The summed E-state index contributed by atoms with van der Waals surface area (Å²) in [5.74, 6) is -1.25. The summed E-state index contributed by atoms with van der Waals surface area (Å²) < 4.78 is 5.33. The molecular weight excluding hydrogens is 252 g/mol. The van der Waals surface area contributed by atoms with E-state index in [9.17, 15) is 9.90 Å². The van der Waals surface area contributed by atoms with Crippen molar-refractivity contribution in [2.24, 2.45) is 5.92 Å². The summed E-state index contributed by atoms with van der Waals surface area (Å²) in [6.45, 7) is 7.52. The molecule has 6 heteroatoms. The maximum Gasteiger partial charge on any atom is 0.311 e. The van der Waals surface area contributed by atoms with E-state index in [4.69, 9.17) is 4.74 Å². The van der Waals surface area contributed by atoms with E-state index in [1.165, 1.54) is 4.88 Å². The number of hydrogen-bond acceptors (Lipinski definition) is 5. The molecule has 0 spiro atoms. The Morgan fingerprint density at radius 1 is 1.56 bits per heavy atom. The van der Waals surface area contributed by atoms with E-state index < -0.39 is 11.9 Å². The molecule has 2 atom stereocenters. The summed E-state index contributed by atoms with van der Waals surface area (Å²) in [5, 5.41) is 10.1.